The maximum Gasteiger partial charge on any atom is 0.226 e. The van der Waals surface area contributed by atoms with Crippen LogP contribution in [-0.4, -0.2) is 22.1 Å². The molecule has 0 aromatic rings. The Morgan fingerprint density at radius 1 is 1.11 bits per heavy atom. The minimum atomic E-state index is -0.166. The summed E-state index contributed by atoms with van der Waals surface area (Å²) in [6.45, 7) is 2.11. The Labute approximate surface area is 132 Å². The normalized spacial score (nSPS) is 40.5. The molecule has 0 heterocycles. The molecule has 4 aliphatic rings. The van der Waals surface area contributed by atoms with Crippen molar-refractivity contribution >= 4 is 37.8 Å². The van der Waals surface area contributed by atoms with Crippen molar-refractivity contribution in [2.75, 3.05) is 10.7 Å². The van der Waals surface area contributed by atoms with E-state index in [1.54, 1.807) is 0 Å². The van der Waals surface area contributed by atoms with Crippen LogP contribution in [0.4, 0.5) is 0 Å². The maximum absolute atomic E-state index is 12.9. The van der Waals surface area contributed by atoms with E-state index < -0.39 is 0 Å². The molecular weight excluding hydrogens is 370 g/mol. The third-order valence-electron chi connectivity index (χ3n) is 5.53. The summed E-state index contributed by atoms with van der Waals surface area (Å²) in [7, 11) is 0. The van der Waals surface area contributed by atoms with Crippen LogP contribution in [0.25, 0.3) is 0 Å². The number of amides is 1. The highest BCUT2D eigenvalue weighted by molar-refractivity contribution is 9.09. The molecule has 0 unspecified atom stereocenters. The lowest BCUT2D eigenvalue weighted by molar-refractivity contribution is -0.147. The summed E-state index contributed by atoms with van der Waals surface area (Å²) in [6.07, 6.45) is 7.60. The molecule has 0 radical (unpaired) electrons. The molecule has 4 aliphatic carbocycles. The number of halogens is 2. The van der Waals surface area contributed by atoms with Gasteiger partial charge < -0.3 is 5.32 Å². The largest absolute Gasteiger partial charge is 0.349 e. The van der Waals surface area contributed by atoms with Gasteiger partial charge in [0.05, 0.1) is 5.54 Å². The van der Waals surface area contributed by atoms with Gasteiger partial charge in [-0.2, -0.15) is 0 Å². The van der Waals surface area contributed by atoms with Gasteiger partial charge in [-0.1, -0.05) is 31.9 Å². The van der Waals surface area contributed by atoms with Gasteiger partial charge in [0.25, 0.3) is 0 Å². The van der Waals surface area contributed by atoms with Gasteiger partial charge in [0.2, 0.25) is 5.91 Å². The predicted molar refractivity (Wildman–Crippen MR) is 84.7 cm³/mol. The number of carbonyl (C=O) groups excluding carboxylic acids is 1. The number of hydrogen-bond donors (Lipinski definition) is 1. The minimum absolute atomic E-state index is 0.0274. The Hall–Kier alpha value is 0.430. The van der Waals surface area contributed by atoms with Crippen LogP contribution >= 0.6 is 31.9 Å². The summed E-state index contributed by atoms with van der Waals surface area (Å²) < 4.78 is 0. The first kappa shape index (κ1) is 14.4. The first-order chi connectivity index (χ1) is 8.98. The Balaban J connectivity index is 1.76. The summed E-state index contributed by atoms with van der Waals surface area (Å²) in [5.41, 5.74) is -0.194. The van der Waals surface area contributed by atoms with E-state index >= 15 is 0 Å². The summed E-state index contributed by atoms with van der Waals surface area (Å²) in [5.74, 6) is 2.82. The topological polar surface area (TPSA) is 29.1 Å². The van der Waals surface area contributed by atoms with Gasteiger partial charge in [-0.05, 0) is 63.2 Å². The monoisotopic (exact) mass is 391 g/mol. The zero-order chi connectivity index (χ0) is 13.7. The molecule has 0 aromatic heterocycles. The van der Waals surface area contributed by atoms with Crippen LogP contribution in [0, 0.1) is 23.2 Å². The number of hydrogen-bond acceptors (Lipinski definition) is 1. The highest BCUT2D eigenvalue weighted by Gasteiger charge is 2.55. The van der Waals surface area contributed by atoms with Crippen molar-refractivity contribution in [3.63, 3.8) is 0 Å². The first-order valence-electron chi connectivity index (χ1n) is 7.43. The summed E-state index contributed by atoms with van der Waals surface area (Å²) in [5, 5.41) is 4.91. The molecule has 4 saturated carbocycles. The van der Waals surface area contributed by atoms with Crippen molar-refractivity contribution in [1.29, 1.82) is 0 Å². The quantitative estimate of drug-likeness (QED) is 0.723. The molecule has 0 saturated heterocycles. The number of alkyl halides is 2. The number of nitrogens with one attached hydrogen (secondary N) is 1. The molecule has 1 amide bonds. The van der Waals surface area contributed by atoms with Crippen molar-refractivity contribution in [3.05, 3.63) is 0 Å². The second kappa shape index (κ2) is 5.01. The van der Waals surface area contributed by atoms with Gasteiger partial charge in [0.1, 0.15) is 0 Å². The van der Waals surface area contributed by atoms with Gasteiger partial charge in [-0.3, -0.25) is 4.79 Å². The summed E-state index contributed by atoms with van der Waals surface area (Å²) in [6, 6.07) is 0. The van der Waals surface area contributed by atoms with Crippen molar-refractivity contribution in [1.82, 2.24) is 5.32 Å². The third-order valence-corrected chi connectivity index (χ3v) is 8.00. The van der Waals surface area contributed by atoms with Crippen LogP contribution in [0.5, 0.6) is 0 Å². The zero-order valence-electron chi connectivity index (χ0n) is 11.6. The van der Waals surface area contributed by atoms with Crippen LogP contribution in [0.1, 0.15) is 45.4 Å². The molecule has 4 heteroatoms. The van der Waals surface area contributed by atoms with E-state index in [1.807, 2.05) is 0 Å². The van der Waals surface area contributed by atoms with E-state index in [0.29, 0.717) is 5.91 Å². The third kappa shape index (κ3) is 2.52. The molecule has 4 bridgehead atoms. The number of rotatable bonds is 4. The summed E-state index contributed by atoms with van der Waals surface area (Å²) in [4.78, 5) is 12.9. The van der Waals surface area contributed by atoms with Crippen LogP contribution in [0.2, 0.25) is 0 Å². The van der Waals surface area contributed by atoms with Crippen LogP contribution < -0.4 is 5.32 Å². The molecular formula is C15H23Br2NO. The van der Waals surface area contributed by atoms with Crippen molar-refractivity contribution < 1.29 is 4.79 Å². The smallest absolute Gasteiger partial charge is 0.226 e. The van der Waals surface area contributed by atoms with E-state index in [1.165, 1.54) is 19.3 Å². The fourth-order valence-electron chi connectivity index (χ4n) is 4.90. The Kier molecular flexibility index (Phi) is 3.79. The van der Waals surface area contributed by atoms with E-state index in [2.05, 4.69) is 44.1 Å². The molecule has 0 aromatic carbocycles. The standard InChI is InChI=1S/C15H23Br2NO/c1-14(8-16,9-17)18-13(19)15-5-10-2-11(6-15)4-12(3-10)7-15/h10-12H,2-9H2,1H3,(H,18,19). The van der Waals surface area contributed by atoms with Gasteiger partial charge in [0, 0.05) is 16.1 Å². The highest BCUT2D eigenvalue weighted by Crippen LogP contribution is 2.60. The molecule has 4 fully saturated rings. The van der Waals surface area contributed by atoms with Crippen molar-refractivity contribution in [2.45, 2.75) is 51.0 Å². The van der Waals surface area contributed by atoms with Gasteiger partial charge >= 0.3 is 0 Å². The highest BCUT2D eigenvalue weighted by atomic mass is 79.9. The zero-order valence-corrected chi connectivity index (χ0v) is 14.7. The second-order valence-electron chi connectivity index (χ2n) is 7.48. The van der Waals surface area contributed by atoms with E-state index in [4.69, 9.17) is 0 Å². The van der Waals surface area contributed by atoms with Crippen molar-refractivity contribution in [3.8, 4) is 0 Å². The van der Waals surface area contributed by atoms with Gasteiger partial charge in [-0.15, -0.1) is 0 Å². The predicted octanol–water partition coefficient (Wildman–Crippen LogP) is 3.87. The van der Waals surface area contributed by atoms with E-state index in [0.717, 1.165) is 47.7 Å². The molecule has 4 rings (SSSR count). The van der Waals surface area contributed by atoms with Gasteiger partial charge in [0.15, 0.2) is 0 Å². The van der Waals surface area contributed by atoms with Crippen LogP contribution in [-0.2, 0) is 4.79 Å². The Morgan fingerprint density at radius 2 is 1.53 bits per heavy atom. The average molecular weight is 393 g/mol. The summed E-state index contributed by atoms with van der Waals surface area (Å²) >= 11 is 7.05. The fourth-order valence-corrected chi connectivity index (χ4v) is 6.11. The van der Waals surface area contributed by atoms with Crippen LogP contribution in [0.3, 0.4) is 0 Å². The van der Waals surface area contributed by atoms with E-state index in [-0.39, 0.29) is 11.0 Å². The molecule has 0 spiro atoms. The fraction of sp³-hybridized carbons (Fsp3) is 0.933. The first-order valence-corrected chi connectivity index (χ1v) is 9.67. The molecule has 108 valence electrons. The lowest BCUT2D eigenvalue weighted by Crippen LogP contribution is -2.59. The van der Waals surface area contributed by atoms with Gasteiger partial charge in [-0.25, -0.2) is 0 Å². The molecule has 2 nitrogen and oxygen atoms in total. The molecule has 19 heavy (non-hydrogen) atoms. The van der Waals surface area contributed by atoms with E-state index in [9.17, 15) is 4.79 Å². The lowest BCUT2D eigenvalue weighted by atomic mass is 9.49. The molecule has 0 aliphatic heterocycles. The SMILES string of the molecule is CC(CBr)(CBr)NC(=O)C12CC3CC(CC(C3)C1)C2. The minimum Gasteiger partial charge on any atom is -0.349 e. The second-order valence-corrected chi connectivity index (χ2v) is 8.60. The average Bonchev–Trinajstić information content (AvgIpc) is 2.37. The molecule has 0 atom stereocenters. The lowest BCUT2D eigenvalue weighted by Gasteiger charge is -2.56. The Bertz CT molecular complexity index is 343. The number of carbonyl (C=O) groups is 1. The maximum atomic E-state index is 12.9. The van der Waals surface area contributed by atoms with Crippen molar-refractivity contribution in [2.24, 2.45) is 23.2 Å². The Morgan fingerprint density at radius 3 is 1.89 bits per heavy atom. The van der Waals surface area contributed by atoms with Crippen LogP contribution in [0.15, 0.2) is 0 Å². The molecule has 1 N–H and O–H groups in total.